The Labute approximate surface area is 165 Å². The molecule has 1 aromatic heterocycles. The van der Waals surface area contributed by atoms with Crippen LogP contribution in [0.5, 0.6) is 0 Å². The summed E-state index contributed by atoms with van der Waals surface area (Å²) in [6.45, 7) is 1.99. The van der Waals surface area contributed by atoms with Crippen molar-refractivity contribution in [2.24, 2.45) is 0 Å². The summed E-state index contributed by atoms with van der Waals surface area (Å²) in [5, 5.41) is 13.6. The lowest BCUT2D eigenvalue weighted by molar-refractivity contribution is -0.116. The molecule has 2 N–H and O–H groups in total. The van der Waals surface area contributed by atoms with Gasteiger partial charge in [0, 0.05) is 21.3 Å². The summed E-state index contributed by atoms with van der Waals surface area (Å²) in [7, 11) is 0. The first-order chi connectivity index (χ1) is 12.5. The maximum Gasteiger partial charge on any atom is 0.226 e. The first-order valence-electron chi connectivity index (χ1n) is 8.29. The van der Waals surface area contributed by atoms with Crippen LogP contribution in [0.3, 0.4) is 0 Å². The molecule has 134 valence electrons. The number of aliphatic hydroxyl groups excluding tert-OH is 1. The monoisotopic (exact) mass is 430 g/mol. The average Bonchev–Trinajstić information content (AvgIpc) is 3.01. The molecule has 0 bridgehead atoms. The van der Waals surface area contributed by atoms with E-state index in [0.717, 1.165) is 26.2 Å². The fourth-order valence-electron chi connectivity index (χ4n) is 2.62. The van der Waals surface area contributed by atoms with Crippen LogP contribution >= 0.6 is 27.3 Å². The molecular weight excluding hydrogens is 412 g/mol. The number of amides is 1. The number of hydrogen-bond acceptors (Lipinski definition) is 4. The number of anilines is 1. The van der Waals surface area contributed by atoms with Gasteiger partial charge in [0.1, 0.15) is 0 Å². The molecule has 6 heteroatoms. The molecule has 1 atom stereocenters. The molecule has 4 nitrogen and oxygen atoms in total. The molecule has 26 heavy (non-hydrogen) atoms. The minimum atomic E-state index is -0.640. The van der Waals surface area contributed by atoms with Gasteiger partial charge in [0.15, 0.2) is 5.13 Å². The molecule has 0 saturated heterocycles. The number of thiazole rings is 1. The van der Waals surface area contributed by atoms with Gasteiger partial charge < -0.3 is 10.4 Å². The second-order valence-corrected chi connectivity index (χ2v) is 8.06. The Kier molecular flexibility index (Phi) is 6.19. The standard InChI is InChI=1S/C20H19BrN2O2S/c1-13-19(15-7-9-16(21)10-8-15)23-20(26-13)22-18(25)12-11-17(24)14-5-3-2-4-6-14/h2-10,17,24H,11-12H2,1H3,(H,22,23,25)/t17-/m0/s1. The van der Waals surface area contributed by atoms with Crippen molar-refractivity contribution in [2.45, 2.75) is 25.9 Å². The smallest absolute Gasteiger partial charge is 0.226 e. The lowest BCUT2D eigenvalue weighted by Gasteiger charge is -2.10. The van der Waals surface area contributed by atoms with E-state index in [1.807, 2.05) is 61.5 Å². The summed E-state index contributed by atoms with van der Waals surface area (Å²) in [6.07, 6.45) is -0.0273. The normalized spacial score (nSPS) is 12.0. The van der Waals surface area contributed by atoms with Gasteiger partial charge in [0.05, 0.1) is 11.8 Å². The number of hydrogen-bond donors (Lipinski definition) is 2. The van der Waals surface area contributed by atoms with Gasteiger partial charge in [-0.3, -0.25) is 4.79 Å². The molecule has 3 rings (SSSR count). The molecular formula is C20H19BrN2O2S. The first-order valence-corrected chi connectivity index (χ1v) is 9.90. The molecule has 0 radical (unpaired) electrons. The summed E-state index contributed by atoms with van der Waals surface area (Å²) in [6, 6.07) is 17.3. The number of nitrogens with zero attached hydrogens (tertiary/aromatic N) is 1. The third-order valence-electron chi connectivity index (χ3n) is 3.99. The molecule has 0 spiro atoms. The molecule has 0 fully saturated rings. The predicted molar refractivity (Wildman–Crippen MR) is 109 cm³/mol. The van der Waals surface area contributed by atoms with Crippen molar-refractivity contribution in [1.82, 2.24) is 4.98 Å². The predicted octanol–water partition coefficient (Wildman–Crippen LogP) is 5.33. The minimum Gasteiger partial charge on any atom is -0.388 e. The number of aryl methyl sites for hydroxylation is 1. The van der Waals surface area contributed by atoms with Crippen LogP contribution in [-0.4, -0.2) is 16.0 Å². The highest BCUT2D eigenvalue weighted by Gasteiger charge is 2.14. The Morgan fingerprint density at radius 1 is 1.19 bits per heavy atom. The van der Waals surface area contributed by atoms with Crippen molar-refractivity contribution in [2.75, 3.05) is 5.32 Å². The Morgan fingerprint density at radius 2 is 1.88 bits per heavy atom. The second-order valence-electron chi connectivity index (χ2n) is 5.94. The van der Waals surface area contributed by atoms with Crippen molar-refractivity contribution < 1.29 is 9.90 Å². The molecule has 0 aliphatic carbocycles. The number of nitrogens with one attached hydrogen (secondary N) is 1. The summed E-state index contributed by atoms with van der Waals surface area (Å²) >= 11 is 4.88. The number of carbonyl (C=O) groups is 1. The maximum atomic E-state index is 12.2. The Morgan fingerprint density at radius 3 is 2.58 bits per heavy atom. The van der Waals surface area contributed by atoms with E-state index in [0.29, 0.717) is 11.6 Å². The molecule has 0 saturated carbocycles. The quantitative estimate of drug-likeness (QED) is 0.554. The third kappa shape index (κ3) is 4.78. The average molecular weight is 431 g/mol. The van der Waals surface area contributed by atoms with Crippen molar-refractivity contribution in [1.29, 1.82) is 0 Å². The van der Waals surface area contributed by atoms with Crippen LogP contribution in [0.2, 0.25) is 0 Å². The third-order valence-corrected chi connectivity index (χ3v) is 5.40. The van der Waals surface area contributed by atoms with Crippen molar-refractivity contribution in [3.63, 3.8) is 0 Å². The zero-order chi connectivity index (χ0) is 18.5. The number of aromatic nitrogens is 1. The zero-order valence-corrected chi connectivity index (χ0v) is 16.7. The van der Waals surface area contributed by atoms with Crippen LogP contribution in [0.15, 0.2) is 59.1 Å². The largest absolute Gasteiger partial charge is 0.388 e. The number of halogens is 1. The maximum absolute atomic E-state index is 12.2. The van der Waals surface area contributed by atoms with Crippen LogP contribution in [0.4, 0.5) is 5.13 Å². The highest BCUT2D eigenvalue weighted by atomic mass is 79.9. The number of carbonyl (C=O) groups excluding carboxylic acids is 1. The number of rotatable bonds is 6. The van der Waals surface area contributed by atoms with Crippen LogP contribution < -0.4 is 5.32 Å². The van der Waals surface area contributed by atoms with E-state index in [1.165, 1.54) is 11.3 Å². The SMILES string of the molecule is Cc1sc(NC(=O)CC[C@H](O)c2ccccc2)nc1-c1ccc(Br)cc1. The summed E-state index contributed by atoms with van der Waals surface area (Å²) in [5.41, 5.74) is 2.71. The molecule has 0 unspecified atom stereocenters. The summed E-state index contributed by atoms with van der Waals surface area (Å²) in [4.78, 5) is 17.8. The fourth-order valence-corrected chi connectivity index (χ4v) is 3.73. The number of benzene rings is 2. The van der Waals surface area contributed by atoms with Crippen LogP contribution in [-0.2, 0) is 4.79 Å². The van der Waals surface area contributed by atoms with Gasteiger partial charge >= 0.3 is 0 Å². The van der Waals surface area contributed by atoms with Crippen molar-refractivity contribution in [3.8, 4) is 11.3 Å². The lowest BCUT2D eigenvalue weighted by Crippen LogP contribution is -2.12. The molecule has 1 heterocycles. The van der Waals surface area contributed by atoms with Gasteiger partial charge in [0.2, 0.25) is 5.91 Å². The van der Waals surface area contributed by atoms with E-state index < -0.39 is 6.10 Å². The van der Waals surface area contributed by atoms with Gasteiger partial charge in [-0.1, -0.05) is 58.4 Å². The van der Waals surface area contributed by atoms with E-state index in [9.17, 15) is 9.90 Å². The van der Waals surface area contributed by atoms with E-state index in [4.69, 9.17) is 0 Å². The molecule has 3 aromatic rings. The Bertz CT molecular complexity index is 879. The van der Waals surface area contributed by atoms with Crippen LogP contribution in [0.1, 0.15) is 29.4 Å². The van der Waals surface area contributed by atoms with Gasteiger partial charge in [-0.05, 0) is 31.0 Å². The van der Waals surface area contributed by atoms with E-state index >= 15 is 0 Å². The van der Waals surface area contributed by atoms with Crippen LogP contribution in [0.25, 0.3) is 11.3 Å². The van der Waals surface area contributed by atoms with E-state index in [2.05, 4.69) is 26.2 Å². The number of aliphatic hydroxyl groups is 1. The summed E-state index contributed by atoms with van der Waals surface area (Å²) in [5.74, 6) is -0.143. The Hall–Kier alpha value is -2.02. The highest BCUT2D eigenvalue weighted by Crippen LogP contribution is 2.31. The molecule has 1 amide bonds. The zero-order valence-electron chi connectivity index (χ0n) is 14.3. The first kappa shape index (κ1) is 18.8. The van der Waals surface area contributed by atoms with E-state index in [1.54, 1.807) is 0 Å². The van der Waals surface area contributed by atoms with Crippen molar-refractivity contribution in [3.05, 3.63) is 69.5 Å². The fraction of sp³-hybridized carbons (Fsp3) is 0.200. The minimum absolute atomic E-state index is 0.143. The topological polar surface area (TPSA) is 62.2 Å². The molecule has 0 aliphatic rings. The van der Waals surface area contributed by atoms with Crippen LogP contribution in [0, 0.1) is 6.92 Å². The lowest BCUT2D eigenvalue weighted by atomic mass is 10.1. The second kappa shape index (κ2) is 8.58. The summed E-state index contributed by atoms with van der Waals surface area (Å²) < 4.78 is 1.01. The van der Waals surface area contributed by atoms with Crippen molar-refractivity contribution >= 4 is 38.3 Å². The van der Waals surface area contributed by atoms with E-state index in [-0.39, 0.29) is 12.3 Å². The highest BCUT2D eigenvalue weighted by molar-refractivity contribution is 9.10. The Balaban J connectivity index is 1.59. The van der Waals surface area contributed by atoms with Gasteiger partial charge in [0.25, 0.3) is 0 Å². The molecule has 0 aliphatic heterocycles. The van der Waals surface area contributed by atoms with Gasteiger partial charge in [-0.2, -0.15) is 0 Å². The van der Waals surface area contributed by atoms with Gasteiger partial charge in [-0.25, -0.2) is 4.98 Å². The molecule has 2 aromatic carbocycles. The van der Waals surface area contributed by atoms with Gasteiger partial charge in [-0.15, -0.1) is 11.3 Å².